The third-order valence-electron chi connectivity index (χ3n) is 4.95. The quantitative estimate of drug-likeness (QED) is 0.778. The highest BCUT2D eigenvalue weighted by molar-refractivity contribution is 6.42. The molecular formula is C19H21Cl2NO3. The summed E-state index contributed by atoms with van der Waals surface area (Å²) < 4.78 is 5.73. The fourth-order valence-electron chi connectivity index (χ4n) is 3.69. The highest BCUT2D eigenvalue weighted by Gasteiger charge is 2.41. The van der Waals surface area contributed by atoms with Gasteiger partial charge in [-0.25, -0.2) is 0 Å². The second-order valence-electron chi connectivity index (χ2n) is 6.70. The SMILES string of the molecule is C=C1NC(=O)CC(c2cccc(Cl)c2Cl)C1C(=O)OC1CCCCC1. The Morgan fingerprint density at radius 2 is 1.92 bits per heavy atom. The van der Waals surface area contributed by atoms with E-state index in [1.165, 1.54) is 6.42 Å². The molecular weight excluding hydrogens is 361 g/mol. The third-order valence-corrected chi connectivity index (χ3v) is 5.79. The minimum Gasteiger partial charge on any atom is -0.462 e. The Kier molecular flexibility index (Phi) is 5.70. The Labute approximate surface area is 157 Å². The van der Waals surface area contributed by atoms with Gasteiger partial charge in [-0.2, -0.15) is 0 Å². The van der Waals surface area contributed by atoms with Crippen LogP contribution in [0.2, 0.25) is 10.0 Å². The molecule has 2 aliphatic rings. The summed E-state index contributed by atoms with van der Waals surface area (Å²) in [5.74, 6) is -1.62. The van der Waals surface area contributed by atoms with E-state index in [0.29, 0.717) is 21.3 Å². The molecule has 0 bridgehead atoms. The van der Waals surface area contributed by atoms with Crippen LogP contribution < -0.4 is 5.32 Å². The van der Waals surface area contributed by atoms with Crippen molar-refractivity contribution in [2.75, 3.05) is 0 Å². The van der Waals surface area contributed by atoms with E-state index in [-0.39, 0.29) is 24.4 Å². The van der Waals surface area contributed by atoms with Gasteiger partial charge in [-0.15, -0.1) is 0 Å². The molecule has 3 rings (SSSR count). The van der Waals surface area contributed by atoms with E-state index in [1.54, 1.807) is 18.2 Å². The van der Waals surface area contributed by atoms with Crippen LogP contribution in [-0.4, -0.2) is 18.0 Å². The highest BCUT2D eigenvalue weighted by Crippen LogP contribution is 2.41. The predicted molar refractivity (Wildman–Crippen MR) is 97.6 cm³/mol. The van der Waals surface area contributed by atoms with Crippen molar-refractivity contribution >= 4 is 35.1 Å². The van der Waals surface area contributed by atoms with Gasteiger partial charge in [0, 0.05) is 18.0 Å². The van der Waals surface area contributed by atoms with E-state index >= 15 is 0 Å². The number of benzene rings is 1. The van der Waals surface area contributed by atoms with Gasteiger partial charge in [-0.3, -0.25) is 9.59 Å². The number of amides is 1. The van der Waals surface area contributed by atoms with Gasteiger partial charge in [-0.1, -0.05) is 48.3 Å². The van der Waals surface area contributed by atoms with Gasteiger partial charge >= 0.3 is 5.97 Å². The number of hydrogen-bond acceptors (Lipinski definition) is 3. The number of esters is 1. The van der Waals surface area contributed by atoms with Crippen LogP contribution in [0.15, 0.2) is 30.5 Å². The average molecular weight is 382 g/mol. The number of halogens is 2. The monoisotopic (exact) mass is 381 g/mol. The van der Waals surface area contributed by atoms with E-state index in [9.17, 15) is 9.59 Å². The molecule has 4 nitrogen and oxygen atoms in total. The lowest BCUT2D eigenvalue weighted by atomic mass is 9.79. The Morgan fingerprint density at radius 3 is 2.64 bits per heavy atom. The Balaban J connectivity index is 1.87. The van der Waals surface area contributed by atoms with Gasteiger partial charge in [-0.05, 0) is 37.3 Å². The molecule has 6 heteroatoms. The molecule has 1 aromatic carbocycles. The van der Waals surface area contributed by atoms with Crippen LogP contribution in [0.1, 0.15) is 50.0 Å². The molecule has 1 aromatic rings. The summed E-state index contributed by atoms with van der Waals surface area (Å²) in [6, 6.07) is 5.24. The molecule has 1 amide bonds. The molecule has 0 aromatic heterocycles. The minimum atomic E-state index is -0.657. The molecule has 1 saturated heterocycles. The van der Waals surface area contributed by atoms with Gasteiger partial charge in [0.1, 0.15) is 12.0 Å². The van der Waals surface area contributed by atoms with E-state index in [1.807, 2.05) is 0 Å². The van der Waals surface area contributed by atoms with Crippen molar-refractivity contribution in [3.63, 3.8) is 0 Å². The van der Waals surface area contributed by atoms with Crippen LogP contribution in [0.25, 0.3) is 0 Å². The molecule has 1 aliphatic heterocycles. The first kappa shape index (κ1) is 18.3. The van der Waals surface area contributed by atoms with Crippen molar-refractivity contribution in [3.05, 3.63) is 46.1 Å². The lowest BCUT2D eigenvalue weighted by molar-refractivity contribution is -0.155. The Morgan fingerprint density at radius 1 is 1.20 bits per heavy atom. The average Bonchev–Trinajstić information content (AvgIpc) is 2.57. The fraction of sp³-hybridized carbons (Fsp3) is 0.474. The van der Waals surface area contributed by atoms with Gasteiger partial charge in [0.15, 0.2) is 0 Å². The van der Waals surface area contributed by atoms with Gasteiger partial charge < -0.3 is 10.1 Å². The maximum Gasteiger partial charge on any atom is 0.315 e. The largest absolute Gasteiger partial charge is 0.462 e. The van der Waals surface area contributed by atoms with Crippen LogP contribution in [-0.2, 0) is 14.3 Å². The fourth-order valence-corrected chi connectivity index (χ4v) is 4.14. The first-order valence-electron chi connectivity index (χ1n) is 8.60. The number of carbonyl (C=O) groups excluding carboxylic acids is 2. The summed E-state index contributed by atoms with van der Waals surface area (Å²) in [6.07, 6.45) is 5.19. The molecule has 1 aliphatic carbocycles. The summed E-state index contributed by atoms with van der Waals surface area (Å²) >= 11 is 12.5. The molecule has 0 radical (unpaired) electrons. The first-order valence-corrected chi connectivity index (χ1v) is 9.36. The van der Waals surface area contributed by atoms with Crippen molar-refractivity contribution in [1.29, 1.82) is 0 Å². The van der Waals surface area contributed by atoms with Gasteiger partial charge in [0.2, 0.25) is 5.91 Å². The Bertz CT molecular complexity index is 698. The second kappa shape index (κ2) is 7.79. The molecule has 25 heavy (non-hydrogen) atoms. The number of ether oxygens (including phenoxy) is 1. The van der Waals surface area contributed by atoms with Crippen molar-refractivity contribution < 1.29 is 14.3 Å². The molecule has 1 saturated carbocycles. The molecule has 2 fully saturated rings. The third kappa shape index (κ3) is 4.01. The van der Waals surface area contributed by atoms with Crippen molar-refractivity contribution in [2.45, 2.75) is 50.5 Å². The normalized spacial score (nSPS) is 24.7. The topological polar surface area (TPSA) is 55.4 Å². The van der Waals surface area contributed by atoms with Crippen molar-refractivity contribution in [3.8, 4) is 0 Å². The van der Waals surface area contributed by atoms with Crippen molar-refractivity contribution in [1.82, 2.24) is 5.32 Å². The minimum absolute atomic E-state index is 0.0536. The van der Waals surface area contributed by atoms with Crippen LogP contribution in [0.3, 0.4) is 0 Å². The summed E-state index contributed by atoms with van der Waals surface area (Å²) in [7, 11) is 0. The zero-order valence-corrected chi connectivity index (χ0v) is 15.4. The van der Waals surface area contributed by atoms with E-state index in [0.717, 1.165) is 25.7 Å². The summed E-state index contributed by atoms with van der Waals surface area (Å²) in [5, 5.41) is 3.44. The number of rotatable bonds is 3. The summed E-state index contributed by atoms with van der Waals surface area (Å²) in [6.45, 7) is 3.88. The molecule has 2 atom stereocenters. The predicted octanol–water partition coefficient (Wildman–Crippen LogP) is 4.60. The second-order valence-corrected chi connectivity index (χ2v) is 7.49. The van der Waals surface area contributed by atoms with Crippen LogP contribution in [0.5, 0.6) is 0 Å². The zero-order chi connectivity index (χ0) is 18.0. The zero-order valence-electron chi connectivity index (χ0n) is 13.9. The smallest absolute Gasteiger partial charge is 0.315 e. The van der Waals surface area contributed by atoms with Gasteiger partial charge in [0.25, 0.3) is 0 Å². The summed E-state index contributed by atoms with van der Waals surface area (Å²) in [5.41, 5.74) is 1.04. The molecule has 0 spiro atoms. The number of nitrogens with one attached hydrogen (secondary N) is 1. The Hall–Kier alpha value is -1.52. The summed E-state index contributed by atoms with van der Waals surface area (Å²) in [4.78, 5) is 24.9. The number of piperidine rings is 1. The standard InChI is InChI=1S/C19H21Cl2NO3/c1-11-17(19(24)25-12-6-3-2-4-7-12)14(10-16(23)22-11)13-8-5-9-15(20)18(13)21/h5,8-9,12,14,17H,1-4,6-7,10H2,(H,22,23). The maximum absolute atomic E-state index is 12.9. The highest BCUT2D eigenvalue weighted by atomic mass is 35.5. The molecule has 1 heterocycles. The van der Waals surface area contributed by atoms with Crippen LogP contribution in [0.4, 0.5) is 0 Å². The van der Waals surface area contributed by atoms with E-state index < -0.39 is 11.8 Å². The van der Waals surface area contributed by atoms with Crippen LogP contribution in [0, 0.1) is 5.92 Å². The van der Waals surface area contributed by atoms with Gasteiger partial charge in [0.05, 0.1) is 10.0 Å². The van der Waals surface area contributed by atoms with E-state index in [2.05, 4.69) is 11.9 Å². The maximum atomic E-state index is 12.9. The molecule has 1 N–H and O–H groups in total. The molecule has 134 valence electrons. The van der Waals surface area contributed by atoms with Crippen molar-refractivity contribution in [2.24, 2.45) is 5.92 Å². The lowest BCUT2D eigenvalue weighted by Crippen LogP contribution is -2.42. The lowest BCUT2D eigenvalue weighted by Gasteiger charge is -2.34. The van der Waals surface area contributed by atoms with Crippen LogP contribution >= 0.6 is 23.2 Å². The molecule has 2 unspecified atom stereocenters. The number of hydrogen-bond donors (Lipinski definition) is 1. The number of carbonyl (C=O) groups is 2. The van der Waals surface area contributed by atoms with E-state index in [4.69, 9.17) is 27.9 Å². The first-order chi connectivity index (χ1) is 12.0.